The number of benzene rings is 3. The minimum Gasteiger partial charge on any atom is -0.292 e. The van der Waals surface area contributed by atoms with E-state index in [0.29, 0.717) is 0 Å². The van der Waals surface area contributed by atoms with Gasteiger partial charge in [-0.2, -0.15) is 0 Å². The van der Waals surface area contributed by atoms with Gasteiger partial charge in [0.1, 0.15) is 10.7 Å². The van der Waals surface area contributed by atoms with Crippen LogP contribution in [0.4, 0.5) is 0 Å². The highest BCUT2D eigenvalue weighted by Crippen LogP contribution is 2.36. The fraction of sp³-hybridized carbons (Fsp3) is 0. The van der Waals surface area contributed by atoms with E-state index in [-0.39, 0.29) is 0 Å². The number of rotatable bonds is 3. The predicted molar refractivity (Wildman–Crippen MR) is 142 cm³/mol. The van der Waals surface area contributed by atoms with Gasteiger partial charge in [0.25, 0.3) is 0 Å². The highest BCUT2D eigenvalue weighted by molar-refractivity contribution is 7.84. The van der Waals surface area contributed by atoms with Crippen molar-refractivity contribution in [1.29, 1.82) is 0 Å². The van der Waals surface area contributed by atoms with Crippen LogP contribution in [-0.4, -0.2) is 19.3 Å². The second-order valence-corrected chi connectivity index (χ2v) is 9.42. The molecular weight excluding hydrogens is 449 g/mol. The Hall–Kier alpha value is -3.25. The number of thiocarbonyl (C=S) groups is 2. The number of imidazole rings is 1. The van der Waals surface area contributed by atoms with Gasteiger partial charge >= 0.3 is 0 Å². The molecule has 5 aromatic rings. The first-order valence-corrected chi connectivity index (χ1v) is 11.9. The largest absolute Gasteiger partial charge is 0.292 e. The summed E-state index contributed by atoms with van der Waals surface area (Å²) in [6.07, 6.45) is 2.05. The lowest BCUT2D eigenvalue weighted by Gasteiger charge is -2.07. The third-order valence-electron chi connectivity index (χ3n) is 5.63. The minimum atomic E-state index is 0.793. The topological polar surface area (TPSA) is 17.8 Å². The van der Waals surface area contributed by atoms with E-state index in [1.54, 1.807) is 11.3 Å². The number of thiophene rings is 1. The van der Waals surface area contributed by atoms with Crippen LogP contribution in [0, 0.1) is 0 Å². The van der Waals surface area contributed by atoms with E-state index in [0.717, 1.165) is 48.3 Å². The zero-order valence-electron chi connectivity index (χ0n) is 16.9. The maximum atomic E-state index is 5.79. The van der Waals surface area contributed by atoms with Gasteiger partial charge in [-0.15, -0.1) is 11.3 Å². The number of hydrogen-bond acceptors (Lipinski definition) is 4. The van der Waals surface area contributed by atoms with E-state index in [1.165, 1.54) is 10.4 Å². The van der Waals surface area contributed by atoms with E-state index < -0.39 is 0 Å². The van der Waals surface area contributed by atoms with Gasteiger partial charge in [-0.1, -0.05) is 97.2 Å². The standard InChI is InChI=1S/C27H16N2S3/c30-25-19-13-7-8-14-20(19)26(31)21(25)15-24-28-27-22(29(24)18-11-5-2-6-12-18)16-23(32-27)17-9-3-1-4-10-17/h1-16H. The van der Waals surface area contributed by atoms with Gasteiger partial charge in [0.05, 0.1) is 15.2 Å². The van der Waals surface area contributed by atoms with Crippen LogP contribution in [0.1, 0.15) is 17.0 Å². The number of hydrogen-bond donors (Lipinski definition) is 0. The first-order chi connectivity index (χ1) is 15.7. The second-order valence-electron chi connectivity index (χ2n) is 7.57. The monoisotopic (exact) mass is 464 g/mol. The maximum absolute atomic E-state index is 5.79. The maximum Gasteiger partial charge on any atom is 0.143 e. The Kier molecular flexibility index (Phi) is 4.68. The molecule has 0 saturated heterocycles. The molecule has 0 saturated carbocycles. The van der Waals surface area contributed by atoms with Crippen LogP contribution >= 0.6 is 35.8 Å². The average molecular weight is 465 g/mol. The smallest absolute Gasteiger partial charge is 0.143 e. The molecule has 6 rings (SSSR count). The van der Waals surface area contributed by atoms with Crippen LogP contribution in [0.3, 0.4) is 0 Å². The summed E-state index contributed by atoms with van der Waals surface area (Å²) in [6, 6.07) is 31.0. The van der Waals surface area contributed by atoms with Crippen LogP contribution < -0.4 is 0 Å². The fourth-order valence-corrected chi connectivity index (χ4v) is 5.88. The van der Waals surface area contributed by atoms with Gasteiger partial charge in [0.15, 0.2) is 0 Å². The average Bonchev–Trinajstić information content (AvgIpc) is 3.47. The molecule has 0 amide bonds. The summed E-state index contributed by atoms with van der Waals surface area (Å²) in [4.78, 5) is 8.80. The van der Waals surface area contributed by atoms with Crippen molar-refractivity contribution in [2.24, 2.45) is 0 Å². The van der Waals surface area contributed by atoms with Crippen molar-refractivity contribution in [3.8, 4) is 16.1 Å². The van der Waals surface area contributed by atoms with Crippen LogP contribution in [0.25, 0.3) is 32.6 Å². The summed E-state index contributed by atoms with van der Waals surface area (Å²) >= 11 is 13.3. The van der Waals surface area contributed by atoms with Crippen LogP contribution in [0.15, 0.2) is 96.6 Å². The van der Waals surface area contributed by atoms with E-state index >= 15 is 0 Å². The van der Waals surface area contributed by atoms with E-state index in [4.69, 9.17) is 29.4 Å². The van der Waals surface area contributed by atoms with Crippen molar-refractivity contribution in [3.05, 3.63) is 114 Å². The molecule has 152 valence electrons. The molecule has 1 aliphatic carbocycles. The highest BCUT2D eigenvalue weighted by Gasteiger charge is 2.27. The van der Waals surface area contributed by atoms with Crippen LogP contribution in [0.5, 0.6) is 0 Å². The molecule has 1 aliphatic rings. The first kappa shape index (κ1) is 19.4. The number of nitrogens with zero attached hydrogens (tertiary/aromatic N) is 2. The Morgan fingerprint density at radius 3 is 2.00 bits per heavy atom. The first-order valence-electron chi connectivity index (χ1n) is 10.2. The van der Waals surface area contributed by atoms with Crippen molar-refractivity contribution in [1.82, 2.24) is 9.55 Å². The Morgan fingerprint density at radius 2 is 1.34 bits per heavy atom. The molecule has 3 aromatic carbocycles. The number of fused-ring (bicyclic) bond motifs is 2. The molecule has 5 heteroatoms. The number of allylic oxidation sites excluding steroid dienone is 1. The summed E-state index contributed by atoms with van der Waals surface area (Å²) in [7, 11) is 0. The molecule has 0 unspecified atom stereocenters. The van der Waals surface area contributed by atoms with Crippen molar-refractivity contribution >= 4 is 61.9 Å². The van der Waals surface area contributed by atoms with Crippen LogP contribution in [-0.2, 0) is 0 Å². The second kappa shape index (κ2) is 7.71. The van der Waals surface area contributed by atoms with Crippen molar-refractivity contribution in [3.63, 3.8) is 0 Å². The third kappa shape index (κ3) is 3.09. The summed E-state index contributed by atoms with van der Waals surface area (Å²) in [6.45, 7) is 0. The van der Waals surface area contributed by atoms with Crippen molar-refractivity contribution in [2.75, 3.05) is 0 Å². The highest BCUT2D eigenvalue weighted by atomic mass is 32.1. The molecule has 2 heterocycles. The Balaban J connectivity index is 1.55. The van der Waals surface area contributed by atoms with Crippen molar-refractivity contribution < 1.29 is 0 Å². The van der Waals surface area contributed by atoms with Gasteiger partial charge in [-0.05, 0) is 29.8 Å². The lowest BCUT2D eigenvalue weighted by atomic mass is 10.1. The Morgan fingerprint density at radius 1 is 0.750 bits per heavy atom. The molecule has 0 aliphatic heterocycles. The quantitative estimate of drug-likeness (QED) is 0.206. The van der Waals surface area contributed by atoms with Gasteiger partial charge in [-0.25, -0.2) is 4.98 Å². The Labute approximate surface area is 200 Å². The molecule has 0 bridgehead atoms. The molecule has 0 radical (unpaired) electrons. The van der Waals surface area contributed by atoms with E-state index in [1.807, 2.05) is 54.6 Å². The summed E-state index contributed by atoms with van der Waals surface area (Å²) in [5.74, 6) is 0.838. The molecular formula is C27H16N2S3. The zero-order valence-corrected chi connectivity index (χ0v) is 19.3. The van der Waals surface area contributed by atoms with Crippen LogP contribution in [0.2, 0.25) is 0 Å². The normalized spacial score (nSPS) is 13.1. The lowest BCUT2D eigenvalue weighted by molar-refractivity contribution is 1.07. The van der Waals surface area contributed by atoms with Gasteiger partial charge in [0, 0.05) is 27.3 Å². The van der Waals surface area contributed by atoms with Gasteiger partial charge < -0.3 is 0 Å². The summed E-state index contributed by atoms with van der Waals surface area (Å²) in [5, 5.41) is 0. The Bertz CT molecular complexity index is 1500. The minimum absolute atomic E-state index is 0.793. The van der Waals surface area contributed by atoms with Gasteiger partial charge in [0.2, 0.25) is 0 Å². The summed E-state index contributed by atoms with van der Waals surface area (Å²) < 4.78 is 2.19. The molecule has 0 fully saturated rings. The SMILES string of the molecule is S=C1C(=Cc2nc3sc(-c4ccccc4)cc3n2-c2ccccc2)C(=S)c2ccccc21. The number of para-hydroxylation sites is 1. The zero-order chi connectivity index (χ0) is 21.7. The molecule has 0 spiro atoms. The predicted octanol–water partition coefficient (Wildman–Crippen LogP) is 7.29. The molecule has 0 atom stereocenters. The summed E-state index contributed by atoms with van der Waals surface area (Å²) in [5.41, 5.74) is 6.30. The van der Waals surface area contributed by atoms with E-state index in [2.05, 4.69) is 47.0 Å². The van der Waals surface area contributed by atoms with Gasteiger partial charge in [-0.3, -0.25) is 4.57 Å². The molecule has 32 heavy (non-hydrogen) atoms. The van der Waals surface area contributed by atoms with E-state index in [9.17, 15) is 0 Å². The number of aromatic nitrogens is 2. The molecule has 0 N–H and O–H groups in total. The third-order valence-corrected chi connectivity index (χ3v) is 7.58. The molecule has 2 aromatic heterocycles. The molecule has 2 nitrogen and oxygen atoms in total. The fourth-order valence-electron chi connectivity index (χ4n) is 4.11. The van der Waals surface area contributed by atoms with Crippen molar-refractivity contribution in [2.45, 2.75) is 0 Å². The lowest BCUT2D eigenvalue weighted by Crippen LogP contribution is -2.02.